The summed E-state index contributed by atoms with van der Waals surface area (Å²) >= 11 is 0. The molecule has 3 aliphatic rings. The van der Waals surface area contributed by atoms with Gasteiger partial charge >= 0.3 is 6.18 Å². The van der Waals surface area contributed by atoms with Gasteiger partial charge in [0.25, 0.3) is 5.91 Å². The number of carbonyl (C=O) groups excluding carboxylic acids is 1. The van der Waals surface area contributed by atoms with E-state index in [9.17, 15) is 18.0 Å². The maximum Gasteiger partial charge on any atom is 0.416 e. The molecule has 2 saturated carbocycles. The normalized spacial score (nSPS) is 20.2. The van der Waals surface area contributed by atoms with Crippen LogP contribution in [0.4, 0.5) is 18.9 Å². The molecule has 2 aliphatic carbocycles. The van der Waals surface area contributed by atoms with Crippen molar-refractivity contribution in [2.45, 2.75) is 69.8 Å². The number of aryl methyl sites for hydroxylation is 1. The number of nitrogens with zero attached hydrogens (tertiary/aromatic N) is 5. The fourth-order valence-corrected chi connectivity index (χ4v) is 6.38. The molecule has 10 heteroatoms. The summed E-state index contributed by atoms with van der Waals surface area (Å²) in [5.74, 6) is 0.367. The van der Waals surface area contributed by atoms with E-state index in [1.807, 2.05) is 29.8 Å². The van der Waals surface area contributed by atoms with E-state index in [0.717, 1.165) is 49.1 Å². The van der Waals surface area contributed by atoms with Gasteiger partial charge < -0.3 is 14.8 Å². The summed E-state index contributed by atoms with van der Waals surface area (Å²) in [5, 5.41) is 20.8. The first kappa shape index (κ1) is 27.2. The topological polar surface area (TPSA) is 86.8 Å². The van der Waals surface area contributed by atoms with Gasteiger partial charge in [-0.3, -0.25) is 4.79 Å². The number of rotatable bonds is 7. The van der Waals surface area contributed by atoms with E-state index in [1.165, 1.54) is 11.0 Å². The summed E-state index contributed by atoms with van der Waals surface area (Å²) in [6, 6.07) is 12.3. The minimum atomic E-state index is -4.58. The van der Waals surface area contributed by atoms with Crippen molar-refractivity contribution in [2.24, 2.45) is 13.0 Å². The lowest BCUT2D eigenvalue weighted by Crippen LogP contribution is -2.47. The van der Waals surface area contributed by atoms with Crippen LogP contribution in [0.25, 0.3) is 0 Å². The second kappa shape index (κ2) is 10.1. The Bertz CT molecular complexity index is 1570. The predicted octanol–water partition coefficient (Wildman–Crippen LogP) is 6.02. The van der Waals surface area contributed by atoms with E-state index in [1.54, 1.807) is 24.5 Å². The van der Waals surface area contributed by atoms with Crippen molar-refractivity contribution in [1.82, 2.24) is 20.1 Å². The van der Waals surface area contributed by atoms with Gasteiger partial charge in [0.2, 0.25) is 0 Å². The second-order valence-electron chi connectivity index (χ2n) is 11.8. The van der Waals surface area contributed by atoms with Crippen LogP contribution in [0, 0.1) is 17.2 Å². The van der Waals surface area contributed by atoms with Gasteiger partial charge in [0.15, 0.2) is 0 Å². The number of amides is 1. The number of hydrogen-bond acceptors (Lipinski definition) is 5. The average Bonchev–Trinajstić information content (AvgIpc) is 3.47. The first-order chi connectivity index (χ1) is 19.6. The van der Waals surface area contributed by atoms with Crippen LogP contribution in [0.1, 0.15) is 83.4 Å². The minimum Gasteiger partial charge on any atom is -0.320 e. The number of aromatic nitrogens is 3. The van der Waals surface area contributed by atoms with Crippen LogP contribution in [-0.4, -0.2) is 26.2 Å². The van der Waals surface area contributed by atoms with Crippen molar-refractivity contribution >= 4 is 11.6 Å². The monoisotopic (exact) mass is 560 g/mol. The first-order valence-electron chi connectivity index (χ1n) is 13.9. The van der Waals surface area contributed by atoms with Gasteiger partial charge in [-0.15, -0.1) is 10.2 Å². The van der Waals surface area contributed by atoms with Gasteiger partial charge in [-0.1, -0.05) is 17.7 Å². The highest BCUT2D eigenvalue weighted by molar-refractivity contribution is 6.10. The van der Waals surface area contributed by atoms with Gasteiger partial charge in [-0.05, 0) is 85.9 Å². The molecule has 2 heterocycles. The molecule has 6 rings (SSSR count). The summed E-state index contributed by atoms with van der Waals surface area (Å²) in [5.41, 5.74) is 2.27. The van der Waals surface area contributed by atoms with Crippen molar-refractivity contribution in [3.8, 4) is 6.07 Å². The highest BCUT2D eigenvalue weighted by Crippen LogP contribution is 2.47. The Morgan fingerprint density at radius 1 is 1.24 bits per heavy atom. The predicted molar refractivity (Wildman–Crippen MR) is 147 cm³/mol. The Hall–Kier alpha value is -3.97. The van der Waals surface area contributed by atoms with Gasteiger partial charge in [0, 0.05) is 42.4 Å². The lowest BCUT2D eigenvalue weighted by molar-refractivity contribution is -0.138. The SMILES string of the molecule is Cn1cnnc1C(c1cccc(N2Cc3c(cc(CNC4(C)CCC4)cc3C(F)(F)F)C2=O)c1)C1CC(=CC#N)C1. The van der Waals surface area contributed by atoms with Crippen molar-refractivity contribution < 1.29 is 18.0 Å². The number of hydrogen-bond donors (Lipinski definition) is 1. The number of nitriles is 1. The van der Waals surface area contributed by atoms with Crippen LogP contribution in [0.2, 0.25) is 0 Å². The average molecular weight is 561 g/mol. The molecular weight excluding hydrogens is 529 g/mol. The van der Waals surface area contributed by atoms with Crippen LogP contribution < -0.4 is 10.2 Å². The molecule has 0 bridgehead atoms. The maximum absolute atomic E-state index is 14.2. The van der Waals surface area contributed by atoms with Crippen LogP contribution >= 0.6 is 0 Å². The second-order valence-corrected chi connectivity index (χ2v) is 11.8. The number of nitrogens with one attached hydrogen (secondary N) is 1. The van der Waals surface area contributed by atoms with Crippen molar-refractivity contribution in [2.75, 3.05) is 4.90 Å². The molecule has 0 saturated heterocycles. The summed E-state index contributed by atoms with van der Waals surface area (Å²) in [7, 11) is 1.87. The Morgan fingerprint density at radius 2 is 2.02 bits per heavy atom. The molecule has 0 spiro atoms. The first-order valence-corrected chi connectivity index (χ1v) is 13.9. The van der Waals surface area contributed by atoms with Crippen LogP contribution in [-0.2, 0) is 26.3 Å². The van der Waals surface area contributed by atoms with Crippen molar-refractivity contribution in [3.63, 3.8) is 0 Å². The Labute approximate surface area is 236 Å². The maximum atomic E-state index is 14.2. The number of anilines is 1. The zero-order valence-corrected chi connectivity index (χ0v) is 23.0. The third-order valence-electron chi connectivity index (χ3n) is 8.94. The van der Waals surface area contributed by atoms with Crippen LogP contribution in [0.3, 0.4) is 0 Å². The standard InChI is InChI=1S/C31H31F3N6O/c1-30(8-4-9-30)36-16-20-13-24-25(26(14-20)31(32,33)34)17-40(29(24)41)23-6-3-5-21(15-23)27(28-38-37-18-39(28)2)22-11-19(12-22)7-10-35/h3,5-7,13-15,18,22,27,36H,4,8-9,11-12,16-17H2,1-2H3. The summed E-state index contributed by atoms with van der Waals surface area (Å²) in [4.78, 5) is 15.1. The van der Waals surface area contributed by atoms with Crippen LogP contribution in [0.15, 0.2) is 54.4 Å². The molecule has 2 aromatic carbocycles. The number of halogens is 3. The van der Waals surface area contributed by atoms with Crippen molar-refractivity contribution in [1.29, 1.82) is 5.26 Å². The molecule has 7 nitrogen and oxygen atoms in total. The molecule has 1 amide bonds. The van der Waals surface area contributed by atoms with Crippen molar-refractivity contribution in [3.05, 3.63) is 88.0 Å². The molecule has 1 aliphatic heterocycles. The number of benzene rings is 2. The van der Waals surface area contributed by atoms with E-state index < -0.39 is 17.6 Å². The fourth-order valence-electron chi connectivity index (χ4n) is 6.38. The summed E-state index contributed by atoms with van der Waals surface area (Å²) in [6.07, 6.45) is 3.20. The Balaban J connectivity index is 1.32. The van der Waals surface area contributed by atoms with Gasteiger partial charge in [-0.2, -0.15) is 18.4 Å². The Kier molecular flexibility index (Phi) is 6.73. The van der Waals surface area contributed by atoms with Gasteiger partial charge in [0.1, 0.15) is 12.2 Å². The molecule has 1 unspecified atom stereocenters. The zero-order valence-electron chi connectivity index (χ0n) is 23.0. The highest BCUT2D eigenvalue weighted by atomic mass is 19.4. The van der Waals surface area contributed by atoms with Gasteiger partial charge in [0.05, 0.1) is 18.2 Å². The highest BCUT2D eigenvalue weighted by Gasteiger charge is 2.41. The number of allylic oxidation sites excluding steroid dienone is 2. The molecule has 1 aromatic heterocycles. The zero-order chi connectivity index (χ0) is 28.9. The molecule has 0 radical (unpaired) electrons. The molecule has 212 valence electrons. The quantitative estimate of drug-likeness (QED) is 0.357. The van der Waals surface area contributed by atoms with Gasteiger partial charge in [-0.25, -0.2) is 0 Å². The fraction of sp³-hybridized carbons (Fsp3) is 0.419. The summed E-state index contributed by atoms with van der Waals surface area (Å²) < 4.78 is 44.5. The molecule has 41 heavy (non-hydrogen) atoms. The molecule has 1 atom stereocenters. The number of fused-ring (bicyclic) bond motifs is 1. The summed E-state index contributed by atoms with van der Waals surface area (Å²) in [6.45, 7) is 2.20. The molecular formula is C31H31F3N6O. The minimum absolute atomic E-state index is 0.0154. The molecule has 1 N–H and O–H groups in total. The largest absolute Gasteiger partial charge is 0.416 e. The van der Waals surface area contributed by atoms with E-state index in [2.05, 4.69) is 28.5 Å². The third kappa shape index (κ3) is 5.04. The van der Waals surface area contributed by atoms with E-state index in [-0.39, 0.29) is 41.6 Å². The lowest BCUT2D eigenvalue weighted by Gasteiger charge is -2.39. The number of alkyl halides is 3. The lowest BCUT2D eigenvalue weighted by atomic mass is 9.69. The Morgan fingerprint density at radius 3 is 2.66 bits per heavy atom. The number of carbonyl (C=O) groups is 1. The smallest absolute Gasteiger partial charge is 0.320 e. The van der Waals surface area contributed by atoms with E-state index in [4.69, 9.17) is 5.26 Å². The molecule has 3 aromatic rings. The molecule has 2 fully saturated rings. The van der Waals surface area contributed by atoms with Crippen LogP contribution in [0.5, 0.6) is 0 Å². The van der Waals surface area contributed by atoms with E-state index in [0.29, 0.717) is 11.3 Å². The van der Waals surface area contributed by atoms with E-state index >= 15 is 0 Å². The third-order valence-corrected chi connectivity index (χ3v) is 8.94.